The molecular weight excluding hydrogens is 328 g/mol. The van der Waals surface area contributed by atoms with Crippen molar-refractivity contribution in [1.82, 2.24) is 4.57 Å². The maximum Gasteiger partial charge on any atom is 0.311 e. The maximum atomic E-state index is 11.4. The van der Waals surface area contributed by atoms with Gasteiger partial charge >= 0.3 is 5.69 Å². The second-order valence-electron chi connectivity index (χ2n) is 6.73. The number of rotatable bonds is 9. The van der Waals surface area contributed by atoms with Gasteiger partial charge in [0.1, 0.15) is 0 Å². The van der Waals surface area contributed by atoms with Gasteiger partial charge in [0.25, 0.3) is 0 Å². The standard InChI is InChI=1S/C21H26N2O3/c1-3-4-5-6-7-10-13-22-18-12-9-8-11-16(18)17-14-20(23(24)25)21(26-2)15-19(17)22/h8-9,11-12,14-15H,3-7,10,13H2,1-2H3. The molecule has 0 N–H and O–H groups in total. The number of methoxy groups -OCH3 is 1. The maximum absolute atomic E-state index is 11.4. The first-order valence-corrected chi connectivity index (χ1v) is 9.40. The van der Waals surface area contributed by atoms with Crippen molar-refractivity contribution in [3.8, 4) is 5.75 Å². The Labute approximate surface area is 153 Å². The normalized spacial score (nSPS) is 11.3. The van der Waals surface area contributed by atoms with Crippen molar-refractivity contribution in [1.29, 1.82) is 0 Å². The molecule has 1 aromatic heterocycles. The van der Waals surface area contributed by atoms with Crippen molar-refractivity contribution in [3.63, 3.8) is 0 Å². The monoisotopic (exact) mass is 354 g/mol. The molecule has 26 heavy (non-hydrogen) atoms. The smallest absolute Gasteiger partial charge is 0.311 e. The van der Waals surface area contributed by atoms with E-state index in [1.807, 2.05) is 24.3 Å². The third kappa shape index (κ3) is 3.52. The van der Waals surface area contributed by atoms with Crippen LogP contribution in [-0.2, 0) is 6.54 Å². The van der Waals surface area contributed by atoms with Crippen molar-refractivity contribution in [2.75, 3.05) is 7.11 Å². The number of hydrogen-bond donors (Lipinski definition) is 0. The van der Waals surface area contributed by atoms with Crippen LogP contribution in [0.25, 0.3) is 21.8 Å². The molecule has 5 heteroatoms. The fourth-order valence-corrected chi connectivity index (χ4v) is 3.66. The minimum atomic E-state index is -0.377. The molecule has 2 aromatic carbocycles. The van der Waals surface area contributed by atoms with Crippen LogP contribution in [0.5, 0.6) is 5.75 Å². The van der Waals surface area contributed by atoms with E-state index in [1.54, 1.807) is 6.07 Å². The summed E-state index contributed by atoms with van der Waals surface area (Å²) in [6.07, 6.45) is 7.43. The lowest BCUT2D eigenvalue weighted by Gasteiger charge is -2.09. The van der Waals surface area contributed by atoms with Crippen LogP contribution in [0.3, 0.4) is 0 Å². The largest absolute Gasteiger partial charge is 0.490 e. The van der Waals surface area contributed by atoms with Gasteiger partial charge in [0.15, 0.2) is 5.75 Å². The molecule has 0 amide bonds. The van der Waals surface area contributed by atoms with E-state index in [-0.39, 0.29) is 10.6 Å². The van der Waals surface area contributed by atoms with Crippen LogP contribution >= 0.6 is 0 Å². The topological polar surface area (TPSA) is 57.3 Å². The summed E-state index contributed by atoms with van der Waals surface area (Å²) in [5, 5.41) is 13.4. The second-order valence-corrected chi connectivity index (χ2v) is 6.73. The molecule has 0 fully saturated rings. The molecule has 5 nitrogen and oxygen atoms in total. The Hall–Kier alpha value is -2.56. The van der Waals surface area contributed by atoms with Crippen LogP contribution in [0.4, 0.5) is 5.69 Å². The lowest BCUT2D eigenvalue weighted by atomic mass is 10.1. The number of benzene rings is 2. The number of ether oxygens (including phenoxy) is 1. The SMILES string of the molecule is CCCCCCCCn1c2ccccc2c2cc([N+](=O)[O-])c(OC)cc21. The van der Waals surface area contributed by atoms with Gasteiger partial charge in [-0.3, -0.25) is 10.1 Å². The molecule has 0 bridgehead atoms. The number of hydrogen-bond acceptors (Lipinski definition) is 3. The fourth-order valence-electron chi connectivity index (χ4n) is 3.66. The minimum Gasteiger partial charge on any atom is -0.490 e. The van der Waals surface area contributed by atoms with Gasteiger partial charge in [-0.25, -0.2) is 0 Å². The first-order chi connectivity index (χ1) is 12.7. The van der Waals surface area contributed by atoms with Gasteiger partial charge in [-0.15, -0.1) is 0 Å². The average Bonchev–Trinajstić information content (AvgIpc) is 2.96. The molecular formula is C21H26N2O3. The molecule has 0 aliphatic heterocycles. The van der Waals surface area contributed by atoms with Crippen molar-refractivity contribution < 1.29 is 9.66 Å². The number of aryl methyl sites for hydroxylation is 1. The number of aromatic nitrogens is 1. The van der Waals surface area contributed by atoms with Gasteiger partial charge in [-0.2, -0.15) is 0 Å². The highest BCUT2D eigenvalue weighted by atomic mass is 16.6. The fraction of sp³-hybridized carbons (Fsp3) is 0.429. The Morgan fingerprint density at radius 3 is 2.46 bits per heavy atom. The Morgan fingerprint density at radius 1 is 1.00 bits per heavy atom. The minimum absolute atomic E-state index is 0.0162. The van der Waals surface area contributed by atoms with Crippen LogP contribution in [-0.4, -0.2) is 16.6 Å². The van der Waals surface area contributed by atoms with Crippen LogP contribution < -0.4 is 4.74 Å². The molecule has 0 aliphatic rings. The van der Waals surface area contributed by atoms with E-state index in [2.05, 4.69) is 17.6 Å². The molecule has 0 saturated heterocycles. The van der Waals surface area contributed by atoms with E-state index < -0.39 is 0 Å². The second kappa shape index (κ2) is 8.21. The number of nitro benzene ring substituents is 1. The van der Waals surface area contributed by atoms with E-state index >= 15 is 0 Å². The van der Waals surface area contributed by atoms with Crippen LogP contribution in [0.15, 0.2) is 36.4 Å². The highest BCUT2D eigenvalue weighted by Gasteiger charge is 2.20. The van der Waals surface area contributed by atoms with Crippen LogP contribution in [0, 0.1) is 10.1 Å². The van der Waals surface area contributed by atoms with Gasteiger partial charge in [-0.1, -0.05) is 57.2 Å². The number of unbranched alkanes of at least 4 members (excludes halogenated alkanes) is 5. The summed E-state index contributed by atoms with van der Waals surface area (Å²) < 4.78 is 7.56. The summed E-state index contributed by atoms with van der Waals surface area (Å²) in [6, 6.07) is 11.6. The summed E-state index contributed by atoms with van der Waals surface area (Å²) in [5.41, 5.74) is 2.14. The van der Waals surface area contributed by atoms with Crippen molar-refractivity contribution in [2.45, 2.75) is 52.0 Å². The van der Waals surface area contributed by atoms with Gasteiger partial charge in [0, 0.05) is 35.0 Å². The first kappa shape index (κ1) is 18.2. The van der Waals surface area contributed by atoms with Crippen molar-refractivity contribution in [2.24, 2.45) is 0 Å². The zero-order chi connectivity index (χ0) is 18.5. The number of nitro groups is 1. The highest BCUT2D eigenvalue weighted by molar-refractivity contribution is 6.09. The van der Waals surface area contributed by atoms with Gasteiger partial charge in [-0.05, 0) is 12.5 Å². The Morgan fingerprint density at radius 2 is 1.73 bits per heavy atom. The zero-order valence-corrected chi connectivity index (χ0v) is 15.5. The molecule has 0 unspecified atom stereocenters. The molecule has 0 spiro atoms. The lowest BCUT2D eigenvalue weighted by molar-refractivity contribution is -0.385. The average molecular weight is 354 g/mol. The summed E-state index contributed by atoms with van der Waals surface area (Å²) in [6.45, 7) is 3.14. The van der Waals surface area contributed by atoms with Gasteiger partial charge in [0.2, 0.25) is 0 Å². The van der Waals surface area contributed by atoms with E-state index in [4.69, 9.17) is 4.74 Å². The van der Waals surface area contributed by atoms with Gasteiger partial charge < -0.3 is 9.30 Å². The molecule has 1 heterocycles. The van der Waals surface area contributed by atoms with Crippen molar-refractivity contribution >= 4 is 27.5 Å². The summed E-state index contributed by atoms with van der Waals surface area (Å²) in [5.74, 6) is 0.314. The van der Waals surface area contributed by atoms with Gasteiger partial charge in [0.05, 0.1) is 17.5 Å². The molecule has 3 aromatic rings. The Kier molecular flexibility index (Phi) is 5.76. The molecule has 0 radical (unpaired) electrons. The molecule has 0 aliphatic carbocycles. The van der Waals surface area contributed by atoms with Crippen molar-refractivity contribution in [3.05, 3.63) is 46.5 Å². The van der Waals surface area contributed by atoms with E-state index in [0.29, 0.717) is 5.75 Å². The highest BCUT2D eigenvalue weighted by Crippen LogP contribution is 2.37. The Balaban J connectivity index is 1.99. The first-order valence-electron chi connectivity index (χ1n) is 9.40. The predicted molar refractivity (Wildman–Crippen MR) is 106 cm³/mol. The third-order valence-electron chi connectivity index (χ3n) is 5.00. The molecule has 0 atom stereocenters. The third-order valence-corrected chi connectivity index (χ3v) is 5.00. The van der Waals surface area contributed by atoms with E-state index in [1.165, 1.54) is 39.2 Å². The van der Waals surface area contributed by atoms with E-state index in [9.17, 15) is 10.1 Å². The summed E-state index contributed by atoms with van der Waals surface area (Å²) in [7, 11) is 1.48. The quantitative estimate of drug-likeness (QED) is 0.266. The number of fused-ring (bicyclic) bond motifs is 3. The molecule has 138 valence electrons. The van der Waals surface area contributed by atoms with Crippen LogP contribution in [0.1, 0.15) is 45.4 Å². The summed E-state index contributed by atoms with van der Waals surface area (Å²) >= 11 is 0. The Bertz CT molecular complexity index is 914. The predicted octanol–water partition coefficient (Wildman–Crippen LogP) is 6.07. The number of nitrogens with zero attached hydrogens (tertiary/aromatic N) is 2. The summed E-state index contributed by atoms with van der Waals surface area (Å²) in [4.78, 5) is 11.0. The molecule has 3 rings (SSSR count). The van der Waals surface area contributed by atoms with Crippen LogP contribution in [0.2, 0.25) is 0 Å². The lowest BCUT2D eigenvalue weighted by Crippen LogP contribution is -1.99. The molecule has 0 saturated carbocycles. The zero-order valence-electron chi connectivity index (χ0n) is 15.5. The number of para-hydroxylation sites is 1. The van der Waals surface area contributed by atoms with E-state index in [0.717, 1.165) is 34.8 Å².